The van der Waals surface area contributed by atoms with E-state index in [1.165, 1.54) is 62.9 Å². The van der Waals surface area contributed by atoms with Gasteiger partial charge in [-0.1, -0.05) is 12.1 Å². The number of aryl methyl sites for hydroxylation is 1. The van der Waals surface area contributed by atoms with Crippen molar-refractivity contribution in [1.82, 2.24) is 4.90 Å². The highest BCUT2D eigenvalue weighted by Gasteiger charge is 2.10. The van der Waals surface area contributed by atoms with E-state index < -0.39 is 0 Å². The summed E-state index contributed by atoms with van der Waals surface area (Å²) in [6.45, 7) is 9.04. The van der Waals surface area contributed by atoms with E-state index in [1.807, 2.05) is 0 Å². The Balaban J connectivity index is 1.57. The second-order valence-electron chi connectivity index (χ2n) is 5.66. The molecule has 19 heavy (non-hydrogen) atoms. The van der Waals surface area contributed by atoms with Gasteiger partial charge >= 0.3 is 0 Å². The largest absolute Gasteiger partial charge is 0.493 e. The van der Waals surface area contributed by atoms with Gasteiger partial charge in [-0.15, -0.1) is 0 Å². The second kappa shape index (κ2) is 7.54. The lowest BCUT2D eigenvalue weighted by molar-refractivity contribution is 0.289. The van der Waals surface area contributed by atoms with Gasteiger partial charge in [-0.3, -0.25) is 0 Å². The predicted molar refractivity (Wildman–Crippen MR) is 80.9 cm³/mol. The zero-order valence-electron chi connectivity index (χ0n) is 12.5. The Morgan fingerprint density at radius 3 is 2.63 bits per heavy atom. The van der Waals surface area contributed by atoms with Crippen LogP contribution >= 0.6 is 0 Å². The number of hydrogen-bond donors (Lipinski definition) is 0. The zero-order chi connectivity index (χ0) is 13.5. The minimum Gasteiger partial charge on any atom is -0.493 e. The van der Waals surface area contributed by atoms with Gasteiger partial charge in [0.25, 0.3) is 0 Å². The number of hydrogen-bond acceptors (Lipinski definition) is 2. The van der Waals surface area contributed by atoms with E-state index in [0.717, 1.165) is 12.4 Å². The average molecular weight is 261 g/mol. The molecule has 0 aromatic heterocycles. The van der Waals surface area contributed by atoms with Crippen molar-refractivity contribution in [1.29, 1.82) is 0 Å². The molecule has 0 spiro atoms. The van der Waals surface area contributed by atoms with Crippen molar-refractivity contribution in [3.05, 3.63) is 29.3 Å². The van der Waals surface area contributed by atoms with Crippen molar-refractivity contribution in [3.8, 4) is 5.75 Å². The molecule has 0 aliphatic carbocycles. The molecule has 0 atom stereocenters. The maximum Gasteiger partial charge on any atom is 0.122 e. The van der Waals surface area contributed by atoms with E-state index in [0.29, 0.717) is 0 Å². The monoisotopic (exact) mass is 261 g/mol. The van der Waals surface area contributed by atoms with Crippen LogP contribution < -0.4 is 4.74 Å². The van der Waals surface area contributed by atoms with E-state index in [1.54, 1.807) is 0 Å². The molecule has 1 aliphatic heterocycles. The van der Waals surface area contributed by atoms with Crippen LogP contribution in [0.3, 0.4) is 0 Å². The molecule has 0 unspecified atom stereocenters. The van der Waals surface area contributed by atoms with E-state index in [9.17, 15) is 0 Å². The first-order chi connectivity index (χ1) is 9.27. The maximum absolute atomic E-state index is 5.88. The summed E-state index contributed by atoms with van der Waals surface area (Å²) in [5, 5.41) is 0. The normalized spacial score (nSPS) is 15.9. The predicted octanol–water partition coefficient (Wildman–Crippen LogP) is 3.95. The van der Waals surface area contributed by atoms with Crippen molar-refractivity contribution in [3.63, 3.8) is 0 Å². The molecular formula is C17H27NO. The van der Waals surface area contributed by atoms with Crippen LogP contribution in [-0.4, -0.2) is 31.1 Å². The lowest BCUT2D eigenvalue weighted by Gasteiger charge is -2.14. The molecule has 0 bridgehead atoms. The number of rotatable bonds is 7. The molecule has 2 heteroatoms. The molecule has 1 aliphatic rings. The maximum atomic E-state index is 5.88. The minimum absolute atomic E-state index is 0.851. The highest BCUT2D eigenvalue weighted by Crippen LogP contribution is 2.20. The van der Waals surface area contributed by atoms with Gasteiger partial charge < -0.3 is 9.64 Å². The van der Waals surface area contributed by atoms with Crippen LogP contribution in [0.2, 0.25) is 0 Å². The van der Waals surface area contributed by atoms with Crippen molar-refractivity contribution in [2.45, 2.75) is 46.0 Å². The third-order valence-corrected chi connectivity index (χ3v) is 4.13. The van der Waals surface area contributed by atoms with Gasteiger partial charge in [-0.2, -0.15) is 0 Å². The molecule has 1 aromatic rings. The number of ether oxygens (including phenoxy) is 1. The van der Waals surface area contributed by atoms with Gasteiger partial charge in [-0.25, -0.2) is 0 Å². The fourth-order valence-electron chi connectivity index (χ4n) is 2.68. The Morgan fingerprint density at radius 2 is 1.84 bits per heavy atom. The highest BCUT2D eigenvalue weighted by atomic mass is 16.5. The summed E-state index contributed by atoms with van der Waals surface area (Å²) < 4.78 is 5.88. The van der Waals surface area contributed by atoms with Crippen molar-refractivity contribution in [2.24, 2.45) is 0 Å². The van der Waals surface area contributed by atoms with Gasteiger partial charge in [0.1, 0.15) is 5.75 Å². The molecule has 106 valence electrons. The first kappa shape index (κ1) is 14.4. The topological polar surface area (TPSA) is 12.5 Å². The van der Waals surface area contributed by atoms with Crippen LogP contribution in [0.4, 0.5) is 0 Å². The summed E-state index contributed by atoms with van der Waals surface area (Å²) >= 11 is 0. The fourth-order valence-corrected chi connectivity index (χ4v) is 2.68. The molecule has 2 nitrogen and oxygen atoms in total. The van der Waals surface area contributed by atoms with Crippen molar-refractivity contribution >= 4 is 0 Å². The molecule has 2 rings (SSSR count). The summed E-state index contributed by atoms with van der Waals surface area (Å²) in [4.78, 5) is 2.59. The van der Waals surface area contributed by atoms with Gasteiger partial charge in [0.2, 0.25) is 0 Å². The average Bonchev–Trinajstić information content (AvgIpc) is 2.91. The van der Waals surface area contributed by atoms with E-state index in [4.69, 9.17) is 4.74 Å². The summed E-state index contributed by atoms with van der Waals surface area (Å²) in [5.74, 6) is 1.06. The van der Waals surface area contributed by atoms with Gasteiger partial charge in [0.05, 0.1) is 6.61 Å². The number of nitrogens with zero attached hydrogens (tertiary/aromatic N) is 1. The first-order valence-electron chi connectivity index (χ1n) is 7.69. The van der Waals surface area contributed by atoms with Gasteiger partial charge in [0, 0.05) is 0 Å². The summed E-state index contributed by atoms with van der Waals surface area (Å²) in [6.07, 6.45) is 6.56. The number of unbranched alkanes of at least 4 members (excludes halogenated alkanes) is 2. The van der Waals surface area contributed by atoms with Gasteiger partial charge in [0.15, 0.2) is 0 Å². The van der Waals surface area contributed by atoms with Crippen LogP contribution in [0.1, 0.15) is 43.2 Å². The lowest BCUT2D eigenvalue weighted by atomic mass is 10.1. The van der Waals surface area contributed by atoms with Crippen molar-refractivity contribution in [2.75, 3.05) is 26.2 Å². The molecule has 1 heterocycles. The Kier molecular flexibility index (Phi) is 5.71. The van der Waals surface area contributed by atoms with E-state index in [2.05, 4.69) is 36.9 Å². The van der Waals surface area contributed by atoms with E-state index in [-0.39, 0.29) is 0 Å². The highest BCUT2D eigenvalue weighted by molar-refractivity contribution is 5.38. The molecule has 0 radical (unpaired) electrons. The third-order valence-electron chi connectivity index (χ3n) is 4.13. The fraction of sp³-hybridized carbons (Fsp3) is 0.647. The van der Waals surface area contributed by atoms with Crippen LogP contribution in [0.15, 0.2) is 18.2 Å². The summed E-state index contributed by atoms with van der Waals surface area (Å²) in [7, 11) is 0. The molecule has 0 amide bonds. The molecule has 1 fully saturated rings. The van der Waals surface area contributed by atoms with Crippen LogP contribution in [-0.2, 0) is 0 Å². The second-order valence-corrected chi connectivity index (χ2v) is 5.66. The SMILES string of the molecule is Cc1cccc(OCCCCCN2CCCC2)c1C. The smallest absolute Gasteiger partial charge is 0.122 e. The quantitative estimate of drug-likeness (QED) is 0.689. The Bertz CT molecular complexity index is 383. The zero-order valence-corrected chi connectivity index (χ0v) is 12.5. The first-order valence-corrected chi connectivity index (χ1v) is 7.69. The molecule has 0 N–H and O–H groups in total. The number of likely N-dealkylation sites (tertiary alicyclic amines) is 1. The van der Waals surface area contributed by atoms with Crippen LogP contribution in [0.25, 0.3) is 0 Å². The Labute approximate surface area is 117 Å². The van der Waals surface area contributed by atoms with Crippen LogP contribution in [0, 0.1) is 13.8 Å². The Hall–Kier alpha value is -1.02. The molecular weight excluding hydrogens is 234 g/mol. The lowest BCUT2D eigenvalue weighted by Crippen LogP contribution is -2.20. The van der Waals surface area contributed by atoms with Crippen LogP contribution in [0.5, 0.6) is 5.75 Å². The van der Waals surface area contributed by atoms with Crippen molar-refractivity contribution < 1.29 is 4.74 Å². The molecule has 1 aromatic carbocycles. The molecule has 0 saturated carbocycles. The summed E-state index contributed by atoms with van der Waals surface area (Å²) in [5.41, 5.74) is 2.59. The minimum atomic E-state index is 0.851. The molecule has 1 saturated heterocycles. The third kappa shape index (κ3) is 4.54. The van der Waals surface area contributed by atoms with Gasteiger partial charge in [-0.05, 0) is 82.8 Å². The Morgan fingerprint density at radius 1 is 1.05 bits per heavy atom. The van der Waals surface area contributed by atoms with E-state index >= 15 is 0 Å². The summed E-state index contributed by atoms with van der Waals surface area (Å²) in [6, 6.07) is 6.29. The number of benzene rings is 1. The standard InChI is InChI=1S/C17H27NO/c1-15-9-8-10-17(16(15)2)19-14-7-3-4-11-18-12-5-6-13-18/h8-10H,3-7,11-14H2,1-2H3.